The van der Waals surface area contributed by atoms with Gasteiger partial charge >= 0.3 is 0 Å². The predicted octanol–water partition coefficient (Wildman–Crippen LogP) is 4.33. The number of nitrogens with one attached hydrogen (secondary N) is 1. The van der Waals surface area contributed by atoms with Gasteiger partial charge in [0.15, 0.2) is 0 Å². The number of rotatable bonds is 5. The van der Waals surface area contributed by atoms with Crippen molar-refractivity contribution in [1.82, 2.24) is 5.32 Å². The summed E-state index contributed by atoms with van der Waals surface area (Å²) in [5, 5.41) is 3.19. The zero-order chi connectivity index (χ0) is 14.5. The van der Waals surface area contributed by atoms with Gasteiger partial charge in [-0.2, -0.15) is 0 Å². The highest BCUT2D eigenvalue weighted by atomic mass is 32.2. The first-order valence-electron chi connectivity index (χ1n) is 6.42. The van der Waals surface area contributed by atoms with Crippen LogP contribution in [0, 0.1) is 18.6 Å². The van der Waals surface area contributed by atoms with Gasteiger partial charge < -0.3 is 5.32 Å². The summed E-state index contributed by atoms with van der Waals surface area (Å²) in [4.78, 5) is 0.999. The molecule has 0 amide bonds. The number of hydrogen-bond acceptors (Lipinski definition) is 2. The van der Waals surface area contributed by atoms with Gasteiger partial charge in [0.1, 0.15) is 11.6 Å². The number of hydrogen-bond donors (Lipinski definition) is 1. The summed E-state index contributed by atoms with van der Waals surface area (Å²) < 4.78 is 26.4. The van der Waals surface area contributed by atoms with E-state index in [1.165, 1.54) is 12.1 Å². The van der Waals surface area contributed by atoms with Crippen molar-refractivity contribution in [3.05, 3.63) is 65.2 Å². The molecule has 1 atom stereocenters. The Bertz CT molecular complexity index is 569. The van der Waals surface area contributed by atoms with Crippen LogP contribution in [0.4, 0.5) is 8.78 Å². The van der Waals surface area contributed by atoms with Gasteiger partial charge in [-0.1, -0.05) is 12.1 Å². The van der Waals surface area contributed by atoms with Crippen molar-refractivity contribution in [1.29, 1.82) is 0 Å². The second-order valence-corrected chi connectivity index (χ2v) is 5.71. The molecule has 1 N–H and O–H groups in total. The molecule has 0 fully saturated rings. The maximum Gasteiger partial charge on any atom is 0.126 e. The molecule has 0 saturated carbocycles. The van der Waals surface area contributed by atoms with E-state index in [1.54, 1.807) is 43.0 Å². The van der Waals surface area contributed by atoms with Gasteiger partial charge in [-0.25, -0.2) is 8.78 Å². The van der Waals surface area contributed by atoms with Crippen LogP contribution in [0.5, 0.6) is 0 Å². The molecule has 1 nitrogen and oxygen atoms in total. The molecule has 0 aliphatic heterocycles. The second kappa shape index (κ2) is 6.86. The number of aryl methyl sites for hydroxylation is 1. The zero-order valence-corrected chi connectivity index (χ0v) is 12.3. The van der Waals surface area contributed by atoms with Crippen LogP contribution < -0.4 is 5.32 Å². The Balaban J connectivity index is 2.05. The molecule has 2 aromatic rings. The monoisotopic (exact) mass is 293 g/mol. The predicted molar refractivity (Wildman–Crippen MR) is 80.1 cm³/mol. The summed E-state index contributed by atoms with van der Waals surface area (Å²) in [6.45, 7) is 1.75. The molecule has 2 rings (SSSR count). The van der Waals surface area contributed by atoms with Crippen LogP contribution in [-0.2, 0) is 0 Å². The number of benzene rings is 2. The molecule has 0 bridgehead atoms. The summed E-state index contributed by atoms with van der Waals surface area (Å²) in [6, 6.07) is 11.7. The molecular weight excluding hydrogens is 276 g/mol. The van der Waals surface area contributed by atoms with Gasteiger partial charge in [0, 0.05) is 16.7 Å². The van der Waals surface area contributed by atoms with Crippen molar-refractivity contribution in [2.45, 2.75) is 17.9 Å². The summed E-state index contributed by atoms with van der Waals surface area (Å²) in [6.07, 6.45) is 0. The van der Waals surface area contributed by atoms with Crippen LogP contribution in [0.25, 0.3) is 0 Å². The molecule has 0 aliphatic rings. The van der Waals surface area contributed by atoms with Gasteiger partial charge in [0.2, 0.25) is 0 Å². The molecule has 2 aromatic carbocycles. The second-order valence-electron chi connectivity index (χ2n) is 4.61. The minimum Gasteiger partial charge on any atom is -0.312 e. The van der Waals surface area contributed by atoms with E-state index in [1.807, 2.05) is 13.1 Å². The molecule has 106 valence electrons. The van der Waals surface area contributed by atoms with Crippen LogP contribution in [0.3, 0.4) is 0 Å². The third-order valence-corrected chi connectivity index (χ3v) is 4.28. The highest BCUT2D eigenvalue weighted by molar-refractivity contribution is 7.99. The highest BCUT2D eigenvalue weighted by Crippen LogP contribution is 2.25. The van der Waals surface area contributed by atoms with E-state index < -0.39 is 0 Å². The van der Waals surface area contributed by atoms with Crippen molar-refractivity contribution < 1.29 is 8.78 Å². The average molecular weight is 293 g/mol. The molecule has 20 heavy (non-hydrogen) atoms. The molecule has 0 spiro atoms. The quantitative estimate of drug-likeness (QED) is 0.824. The molecule has 0 saturated heterocycles. The maximum absolute atomic E-state index is 13.6. The van der Waals surface area contributed by atoms with E-state index in [9.17, 15) is 8.78 Å². The van der Waals surface area contributed by atoms with Crippen LogP contribution in [-0.4, -0.2) is 12.8 Å². The van der Waals surface area contributed by atoms with E-state index >= 15 is 0 Å². The summed E-state index contributed by atoms with van der Waals surface area (Å²) in [7, 11) is 1.85. The average Bonchev–Trinajstić information content (AvgIpc) is 2.45. The third kappa shape index (κ3) is 3.81. The van der Waals surface area contributed by atoms with Crippen molar-refractivity contribution in [3.8, 4) is 0 Å². The van der Waals surface area contributed by atoms with Crippen molar-refractivity contribution in [3.63, 3.8) is 0 Å². The van der Waals surface area contributed by atoms with E-state index in [-0.39, 0.29) is 17.7 Å². The van der Waals surface area contributed by atoms with E-state index in [2.05, 4.69) is 5.32 Å². The SMILES string of the molecule is CNC(CSc1ccc(F)cc1)c1ccc(C)c(F)c1. The Morgan fingerprint density at radius 1 is 1.10 bits per heavy atom. The Morgan fingerprint density at radius 2 is 1.80 bits per heavy atom. The van der Waals surface area contributed by atoms with Crippen LogP contribution in [0.2, 0.25) is 0 Å². The van der Waals surface area contributed by atoms with Crippen LogP contribution >= 0.6 is 11.8 Å². The third-order valence-electron chi connectivity index (χ3n) is 3.18. The van der Waals surface area contributed by atoms with Crippen molar-refractivity contribution in [2.24, 2.45) is 0 Å². The lowest BCUT2D eigenvalue weighted by atomic mass is 10.1. The Labute approximate surface area is 122 Å². The standard InChI is InChI=1S/C16H17F2NS/c1-11-3-4-12(9-15(11)18)16(19-2)10-20-14-7-5-13(17)6-8-14/h3-9,16,19H,10H2,1-2H3. The van der Waals surface area contributed by atoms with Gasteiger partial charge in [-0.15, -0.1) is 11.8 Å². The van der Waals surface area contributed by atoms with Gasteiger partial charge in [0.05, 0.1) is 0 Å². The molecular formula is C16H17F2NS. The largest absolute Gasteiger partial charge is 0.312 e. The van der Waals surface area contributed by atoms with Gasteiger partial charge in [-0.3, -0.25) is 0 Å². The zero-order valence-electron chi connectivity index (χ0n) is 11.5. The Kier molecular flexibility index (Phi) is 5.15. The minimum absolute atomic E-state index is 0.0557. The molecule has 0 radical (unpaired) electrons. The first kappa shape index (κ1) is 15.0. The smallest absolute Gasteiger partial charge is 0.126 e. The van der Waals surface area contributed by atoms with E-state index in [0.29, 0.717) is 5.56 Å². The lowest BCUT2D eigenvalue weighted by molar-refractivity contribution is 0.603. The van der Waals surface area contributed by atoms with Gasteiger partial charge in [0.25, 0.3) is 0 Å². The van der Waals surface area contributed by atoms with Crippen LogP contribution in [0.1, 0.15) is 17.2 Å². The molecule has 4 heteroatoms. The fourth-order valence-electron chi connectivity index (χ4n) is 1.88. The Hall–Kier alpha value is -1.39. The number of halogens is 2. The summed E-state index contributed by atoms with van der Waals surface area (Å²) in [5.41, 5.74) is 1.57. The summed E-state index contributed by atoms with van der Waals surface area (Å²) >= 11 is 1.62. The van der Waals surface area contributed by atoms with Crippen molar-refractivity contribution in [2.75, 3.05) is 12.8 Å². The minimum atomic E-state index is -0.236. The normalized spacial score (nSPS) is 12.4. The maximum atomic E-state index is 13.6. The molecule has 0 aromatic heterocycles. The molecule has 0 heterocycles. The number of thioether (sulfide) groups is 1. The summed E-state index contributed by atoms with van der Waals surface area (Å²) in [5.74, 6) is 0.333. The fraction of sp³-hybridized carbons (Fsp3) is 0.250. The first-order chi connectivity index (χ1) is 9.60. The Morgan fingerprint density at radius 3 is 2.40 bits per heavy atom. The first-order valence-corrected chi connectivity index (χ1v) is 7.40. The van der Waals surface area contributed by atoms with Gasteiger partial charge in [-0.05, 0) is 55.4 Å². The van der Waals surface area contributed by atoms with Crippen molar-refractivity contribution >= 4 is 11.8 Å². The fourth-order valence-corrected chi connectivity index (χ4v) is 2.93. The molecule has 0 aliphatic carbocycles. The molecule has 1 unspecified atom stereocenters. The topological polar surface area (TPSA) is 12.0 Å². The highest BCUT2D eigenvalue weighted by Gasteiger charge is 2.11. The van der Waals surface area contributed by atoms with E-state index in [0.717, 1.165) is 16.2 Å². The lowest BCUT2D eigenvalue weighted by Gasteiger charge is -2.17. The van der Waals surface area contributed by atoms with Crippen LogP contribution in [0.15, 0.2) is 47.4 Å². The van der Waals surface area contributed by atoms with E-state index in [4.69, 9.17) is 0 Å². The lowest BCUT2D eigenvalue weighted by Crippen LogP contribution is -2.19.